The van der Waals surface area contributed by atoms with Crippen LogP contribution in [0.1, 0.15) is 50.5 Å². The van der Waals surface area contributed by atoms with Gasteiger partial charge in [-0.3, -0.25) is 4.68 Å². The zero-order valence-electron chi connectivity index (χ0n) is 10.4. The maximum absolute atomic E-state index is 4.31. The van der Waals surface area contributed by atoms with E-state index in [9.17, 15) is 0 Å². The molecule has 0 aromatic carbocycles. The summed E-state index contributed by atoms with van der Waals surface area (Å²) in [5.74, 6) is 0.663. The van der Waals surface area contributed by atoms with Crippen molar-refractivity contribution in [2.24, 2.45) is 7.05 Å². The first kappa shape index (κ1) is 11.6. The van der Waals surface area contributed by atoms with Crippen LogP contribution < -0.4 is 5.32 Å². The van der Waals surface area contributed by atoms with Crippen LogP contribution in [0.2, 0.25) is 0 Å². The molecule has 0 amide bonds. The van der Waals surface area contributed by atoms with Gasteiger partial charge in [0.1, 0.15) is 0 Å². The average Bonchev–Trinajstić information content (AvgIpc) is 2.56. The predicted molar refractivity (Wildman–Crippen MR) is 66.5 cm³/mol. The van der Waals surface area contributed by atoms with Crippen molar-refractivity contribution in [3.63, 3.8) is 0 Å². The molecule has 1 aromatic heterocycles. The van der Waals surface area contributed by atoms with Crippen LogP contribution >= 0.6 is 0 Å². The van der Waals surface area contributed by atoms with Gasteiger partial charge < -0.3 is 5.32 Å². The summed E-state index contributed by atoms with van der Waals surface area (Å²) in [5.41, 5.74) is 1.41. The second-order valence-corrected chi connectivity index (χ2v) is 4.86. The molecule has 0 aliphatic heterocycles. The standard InChI is InChI=1S/C13H23N3/c1-3-14-13-8-6-4-5-7-12(13)11-9-15-16(2)10-11/h9-10,12-14H,3-8H2,1-2H3. The molecule has 0 spiro atoms. The minimum atomic E-state index is 0.650. The van der Waals surface area contributed by atoms with Gasteiger partial charge in [0.05, 0.1) is 6.20 Å². The fraction of sp³-hybridized carbons (Fsp3) is 0.769. The fourth-order valence-electron chi connectivity index (χ4n) is 2.84. The van der Waals surface area contributed by atoms with Crippen molar-refractivity contribution in [3.05, 3.63) is 18.0 Å². The lowest BCUT2D eigenvalue weighted by molar-refractivity contribution is 0.419. The minimum Gasteiger partial charge on any atom is -0.314 e. The molecule has 2 unspecified atom stereocenters. The predicted octanol–water partition coefficient (Wildman–Crippen LogP) is 2.45. The highest BCUT2D eigenvalue weighted by Gasteiger charge is 2.25. The highest BCUT2D eigenvalue weighted by atomic mass is 15.2. The number of hydrogen-bond acceptors (Lipinski definition) is 2. The van der Waals surface area contributed by atoms with Crippen LogP contribution in [0.3, 0.4) is 0 Å². The van der Waals surface area contributed by atoms with E-state index in [4.69, 9.17) is 0 Å². The summed E-state index contributed by atoms with van der Waals surface area (Å²) in [7, 11) is 2.00. The van der Waals surface area contributed by atoms with E-state index < -0.39 is 0 Å². The summed E-state index contributed by atoms with van der Waals surface area (Å²) in [6, 6.07) is 0.650. The first-order valence-electron chi connectivity index (χ1n) is 6.53. The molecule has 1 saturated carbocycles. The molecule has 1 aromatic rings. The lowest BCUT2D eigenvalue weighted by Crippen LogP contribution is -2.34. The van der Waals surface area contributed by atoms with E-state index in [1.54, 1.807) is 0 Å². The van der Waals surface area contributed by atoms with Crippen LogP contribution in [-0.2, 0) is 7.05 Å². The third kappa shape index (κ3) is 2.64. The Morgan fingerprint density at radius 2 is 2.19 bits per heavy atom. The lowest BCUT2D eigenvalue weighted by atomic mass is 9.89. The number of nitrogens with zero attached hydrogens (tertiary/aromatic N) is 2. The fourth-order valence-corrected chi connectivity index (χ4v) is 2.84. The van der Waals surface area contributed by atoms with Gasteiger partial charge in [-0.1, -0.05) is 26.2 Å². The van der Waals surface area contributed by atoms with E-state index in [-0.39, 0.29) is 0 Å². The van der Waals surface area contributed by atoms with Crippen molar-refractivity contribution in [1.29, 1.82) is 0 Å². The number of rotatable bonds is 3. The monoisotopic (exact) mass is 221 g/mol. The summed E-state index contributed by atoms with van der Waals surface area (Å²) in [5, 5.41) is 7.95. The molecule has 0 bridgehead atoms. The molecule has 1 aliphatic carbocycles. The zero-order chi connectivity index (χ0) is 11.4. The third-order valence-electron chi connectivity index (χ3n) is 3.64. The third-order valence-corrected chi connectivity index (χ3v) is 3.64. The van der Waals surface area contributed by atoms with Crippen LogP contribution in [0.5, 0.6) is 0 Å². The molecule has 0 saturated heterocycles. The van der Waals surface area contributed by atoms with Crippen molar-refractivity contribution < 1.29 is 0 Å². The number of hydrogen-bond donors (Lipinski definition) is 1. The quantitative estimate of drug-likeness (QED) is 0.795. The summed E-state index contributed by atoms with van der Waals surface area (Å²) in [6.45, 7) is 3.27. The van der Waals surface area contributed by atoms with Crippen LogP contribution in [0.25, 0.3) is 0 Å². The van der Waals surface area contributed by atoms with Gasteiger partial charge in [-0.25, -0.2) is 0 Å². The Morgan fingerprint density at radius 3 is 2.88 bits per heavy atom. The first-order valence-corrected chi connectivity index (χ1v) is 6.53. The highest BCUT2D eigenvalue weighted by Crippen LogP contribution is 2.31. The van der Waals surface area contributed by atoms with Gasteiger partial charge in [-0.15, -0.1) is 0 Å². The Bertz CT molecular complexity index is 319. The summed E-state index contributed by atoms with van der Waals surface area (Å²) in [6.07, 6.45) is 11.0. The Labute approximate surface area is 98.2 Å². The van der Waals surface area contributed by atoms with Gasteiger partial charge in [0.15, 0.2) is 0 Å². The second kappa shape index (κ2) is 5.48. The van der Waals surface area contributed by atoms with Crippen molar-refractivity contribution in [2.45, 2.75) is 51.0 Å². The van der Waals surface area contributed by atoms with Gasteiger partial charge in [-0.2, -0.15) is 5.10 Å². The second-order valence-electron chi connectivity index (χ2n) is 4.86. The number of nitrogens with one attached hydrogen (secondary N) is 1. The van der Waals surface area contributed by atoms with Crippen LogP contribution in [-0.4, -0.2) is 22.4 Å². The van der Waals surface area contributed by atoms with Gasteiger partial charge in [0.2, 0.25) is 0 Å². The summed E-state index contributed by atoms with van der Waals surface area (Å²) in [4.78, 5) is 0. The number of likely N-dealkylation sites (N-methyl/N-ethyl adjacent to an activating group) is 1. The molecule has 16 heavy (non-hydrogen) atoms. The van der Waals surface area contributed by atoms with Crippen molar-refractivity contribution >= 4 is 0 Å². The summed E-state index contributed by atoms with van der Waals surface area (Å²) < 4.78 is 1.92. The summed E-state index contributed by atoms with van der Waals surface area (Å²) >= 11 is 0. The Morgan fingerprint density at radius 1 is 1.38 bits per heavy atom. The highest BCUT2D eigenvalue weighted by molar-refractivity contribution is 5.14. The molecule has 1 N–H and O–H groups in total. The van der Waals surface area contributed by atoms with E-state index in [0.29, 0.717) is 12.0 Å². The molecule has 1 fully saturated rings. The Balaban J connectivity index is 2.13. The largest absolute Gasteiger partial charge is 0.314 e. The van der Waals surface area contributed by atoms with Crippen LogP contribution in [0.15, 0.2) is 12.4 Å². The van der Waals surface area contributed by atoms with E-state index in [2.05, 4.69) is 23.5 Å². The Hall–Kier alpha value is -0.830. The maximum Gasteiger partial charge on any atom is 0.0525 e. The van der Waals surface area contributed by atoms with E-state index in [1.807, 2.05) is 17.9 Å². The van der Waals surface area contributed by atoms with Crippen LogP contribution in [0.4, 0.5) is 0 Å². The molecule has 90 valence electrons. The average molecular weight is 221 g/mol. The van der Waals surface area contributed by atoms with Crippen molar-refractivity contribution in [3.8, 4) is 0 Å². The first-order chi connectivity index (χ1) is 7.81. The van der Waals surface area contributed by atoms with Gasteiger partial charge in [0, 0.05) is 25.2 Å². The zero-order valence-corrected chi connectivity index (χ0v) is 10.4. The van der Waals surface area contributed by atoms with E-state index in [0.717, 1.165) is 6.54 Å². The normalized spacial score (nSPS) is 26.6. The molecule has 3 heteroatoms. The van der Waals surface area contributed by atoms with Gasteiger partial charge in [-0.05, 0) is 24.9 Å². The van der Waals surface area contributed by atoms with E-state index in [1.165, 1.54) is 37.7 Å². The molecular weight excluding hydrogens is 198 g/mol. The van der Waals surface area contributed by atoms with Crippen LogP contribution in [0, 0.1) is 0 Å². The minimum absolute atomic E-state index is 0.650. The molecule has 1 aliphatic rings. The molecule has 0 radical (unpaired) electrons. The topological polar surface area (TPSA) is 29.9 Å². The maximum atomic E-state index is 4.31. The molecule has 2 atom stereocenters. The molecule has 2 rings (SSSR count). The SMILES string of the molecule is CCNC1CCCCCC1c1cnn(C)c1. The van der Waals surface area contributed by atoms with Crippen molar-refractivity contribution in [1.82, 2.24) is 15.1 Å². The Kier molecular flexibility index (Phi) is 3.99. The van der Waals surface area contributed by atoms with Gasteiger partial charge >= 0.3 is 0 Å². The lowest BCUT2D eigenvalue weighted by Gasteiger charge is -2.24. The molecule has 3 nitrogen and oxygen atoms in total. The van der Waals surface area contributed by atoms with Gasteiger partial charge in [0.25, 0.3) is 0 Å². The molecular formula is C13H23N3. The molecule has 1 heterocycles. The van der Waals surface area contributed by atoms with Crippen molar-refractivity contribution in [2.75, 3.05) is 6.54 Å². The number of aryl methyl sites for hydroxylation is 1. The van der Waals surface area contributed by atoms with E-state index >= 15 is 0 Å². The number of aromatic nitrogens is 2. The smallest absolute Gasteiger partial charge is 0.0525 e.